The highest BCUT2D eigenvalue weighted by atomic mass is 79.9. The number of aromatic amines is 1. The van der Waals surface area contributed by atoms with Crippen LogP contribution >= 0.6 is 15.9 Å². The second-order valence-electron chi connectivity index (χ2n) is 5.66. The Balaban J connectivity index is 1.71. The van der Waals surface area contributed by atoms with Crippen LogP contribution in [0.2, 0.25) is 0 Å². The zero-order valence-corrected chi connectivity index (χ0v) is 14.7. The third kappa shape index (κ3) is 4.23. The normalized spacial score (nSPS) is 16.8. The van der Waals surface area contributed by atoms with E-state index in [0.717, 1.165) is 23.1 Å². The fourth-order valence-corrected chi connectivity index (χ4v) is 3.16. The van der Waals surface area contributed by atoms with Crippen molar-refractivity contribution in [2.45, 2.75) is 6.04 Å². The lowest BCUT2D eigenvalue weighted by molar-refractivity contribution is 0.0162. The van der Waals surface area contributed by atoms with Gasteiger partial charge >= 0.3 is 0 Å². The highest BCUT2D eigenvalue weighted by Crippen LogP contribution is 2.22. The highest BCUT2D eigenvalue weighted by molar-refractivity contribution is 9.10. The Kier molecular flexibility index (Phi) is 5.65. The van der Waals surface area contributed by atoms with Crippen molar-refractivity contribution in [2.75, 3.05) is 32.8 Å². The van der Waals surface area contributed by atoms with Gasteiger partial charge in [-0.05, 0) is 39.7 Å². The molecule has 1 aromatic heterocycles. The minimum atomic E-state index is -0.264. The number of hydrogen-bond donors (Lipinski definition) is 2. The third-order valence-corrected chi connectivity index (χ3v) is 4.55. The Bertz CT molecular complexity index is 683. The molecule has 1 fully saturated rings. The van der Waals surface area contributed by atoms with E-state index in [2.05, 4.69) is 31.1 Å². The first-order valence-corrected chi connectivity index (χ1v) is 8.62. The van der Waals surface area contributed by atoms with Crippen LogP contribution in [0, 0.1) is 5.82 Å². The van der Waals surface area contributed by atoms with Crippen molar-refractivity contribution >= 4 is 21.8 Å². The van der Waals surface area contributed by atoms with E-state index in [1.54, 1.807) is 24.4 Å². The molecule has 3 rings (SSSR count). The fraction of sp³-hybridized carbons (Fsp3) is 0.353. The molecule has 5 nitrogen and oxygen atoms in total. The van der Waals surface area contributed by atoms with Crippen LogP contribution in [0.15, 0.2) is 41.0 Å². The third-order valence-electron chi connectivity index (χ3n) is 4.09. The lowest BCUT2D eigenvalue weighted by atomic mass is 10.0. The molecule has 1 aliphatic heterocycles. The van der Waals surface area contributed by atoms with Crippen molar-refractivity contribution in [3.63, 3.8) is 0 Å². The molecule has 24 heavy (non-hydrogen) atoms. The van der Waals surface area contributed by atoms with Gasteiger partial charge in [0.25, 0.3) is 5.91 Å². The first kappa shape index (κ1) is 17.1. The molecule has 128 valence electrons. The van der Waals surface area contributed by atoms with Gasteiger partial charge in [0.05, 0.1) is 19.3 Å². The summed E-state index contributed by atoms with van der Waals surface area (Å²) in [5, 5.41) is 2.96. The van der Waals surface area contributed by atoms with E-state index in [1.807, 2.05) is 0 Å². The number of nitrogens with zero attached hydrogens (tertiary/aromatic N) is 1. The molecule has 1 aliphatic rings. The van der Waals surface area contributed by atoms with Crippen LogP contribution in [-0.2, 0) is 4.74 Å². The zero-order valence-electron chi connectivity index (χ0n) is 13.1. The van der Waals surface area contributed by atoms with Crippen molar-refractivity contribution < 1.29 is 13.9 Å². The van der Waals surface area contributed by atoms with Gasteiger partial charge in [0.2, 0.25) is 0 Å². The lowest BCUT2D eigenvalue weighted by Gasteiger charge is -2.34. The minimum Gasteiger partial charge on any atom is -0.379 e. The van der Waals surface area contributed by atoms with Gasteiger partial charge in [0, 0.05) is 30.3 Å². The van der Waals surface area contributed by atoms with Crippen molar-refractivity contribution in [3.05, 3.63) is 58.1 Å². The summed E-state index contributed by atoms with van der Waals surface area (Å²) in [6, 6.07) is 8.16. The minimum absolute atomic E-state index is 0.0168. The molecule has 0 aliphatic carbocycles. The number of carbonyl (C=O) groups excluding carboxylic acids is 1. The highest BCUT2D eigenvalue weighted by Gasteiger charge is 2.23. The van der Waals surface area contributed by atoms with Crippen LogP contribution < -0.4 is 5.32 Å². The molecule has 0 radical (unpaired) electrons. The van der Waals surface area contributed by atoms with Gasteiger partial charge in [-0.25, -0.2) is 4.39 Å². The lowest BCUT2D eigenvalue weighted by Crippen LogP contribution is -2.43. The van der Waals surface area contributed by atoms with E-state index in [0.29, 0.717) is 25.5 Å². The number of amides is 1. The Hall–Kier alpha value is -1.70. The molecule has 0 saturated carbocycles. The largest absolute Gasteiger partial charge is 0.379 e. The summed E-state index contributed by atoms with van der Waals surface area (Å²) in [7, 11) is 0. The molecule has 1 aromatic carbocycles. The van der Waals surface area contributed by atoms with E-state index in [1.165, 1.54) is 12.1 Å². The standard InChI is InChI=1S/C17H19BrFN3O2/c18-13-9-15(20-10-13)17(23)21-11-16(22-5-7-24-8-6-22)12-1-3-14(19)4-2-12/h1-4,9-10,16,20H,5-8,11H2,(H,21,23). The Morgan fingerprint density at radius 1 is 1.33 bits per heavy atom. The topological polar surface area (TPSA) is 57.4 Å². The van der Waals surface area contributed by atoms with Gasteiger partial charge in [-0.1, -0.05) is 12.1 Å². The smallest absolute Gasteiger partial charge is 0.267 e. The molecule has 2 heterocycles. The molecule has 0 bridgehead atoms. The second-order valence-corrected chi connectivity index (χ2v) is 6.57. The SMILES string of the molecule is O=C(NCC(c1ccc(F)cc1)N1CCOCC1)c1cc(Br)c[nH]1. The summed E-state index contributed by atoms with van der Waals surface area (Å²) in [5.41, 5.74) is 1.48. The molecule has 1 unspecified atom stereocenters. The molecule has 1 amide bonds. The Morgan fingerprint density at radius 2 is 2.04 bits per heavy atom. The maximum Gasteiger partial charge on any atom is 0.267 e. The Morgan fingerprint density at radius 3 is 2.67 bits per heavy atom. The van der Waals surface area contributed by atoms with Crippen LogP contribution in [-0.4, -0.2) is 48.6 Å². The number of morpholine rings is 1. The summed E-state index contributed by atoms with van der Waals surface area (Å²) in [6.07, 6.45) is 1.72. The van der Waals surface area contributed by atoms with Crippen LogP contribution in [0.3, 0.4) is 0 Å². The average molecular weight is 396 g/mol. The fourth-order valence-electron chi connectivity index (χ4n) is 2.82. The van der Waals surface area contributed by atoms with E-state index in [-0.39, 0.29) is 17.8 Å². The van der Waals surface area contributed by atoms with Gasteiger partial charge in [0.1, 0.15) is 11.5 Å². The Labute approximate surface area is 148 Å². The number of hydrogen-bond acceptors (Lipinski definition) is 3. The summed E-state index contributed by atoms with van der Waals surface area (Å²) in [4.78, 5) is 17.4. The van der Waals surface area contributed by atoms with Gasteiger partial charge in [0.15, 0.2) is 0 Å². The number of carbonyl (C=O) groups is 1. The average Bonchev–Trinajstić information content (AvgIpc) is 3.04. The number of benzene rings is 1. The quantitative estimate of drug-likeness (QED) is 0.817. The number of ether oxygens (including phenoxy) is 1. The first-order valence-electron chi connectivity index (χ1n) is 7.83. The summed E-state index contributed by atoms with van der Waals surface area (Å²) in [5.74, 6) is -0.430. The van der Waals surface area contributed by atoms with Crippen molar-refractivity contribution in [2.24, 2.45) is 0 Å². The van der Waals surface area contributed by atoms with E-state index in [4.69, 9.17) is 4.74 Å². The molecule has 1 saturated heterocycles. The first-order chi connectivity index (χ1) is 11.6. The van der Waals surface area contributed by atoms with Crippen LogP contribution in [0.25, 0.3) is 0 Å². The number of rotatable bonds is 5. The summed E-state index contributed by atoms with van der Waals surface area (Å²) in [6.45, 7) is 3.34. The molecule has 2 N–H and O–H groups in total. The molecular weight excluding hydrogens is 377 g/mol. The molecule has 1 atom stereocenters. The molecule has 2 aromatic rings. The van der Waals surface area contributed by atoms with Crippen LogP contribution in [0.1, 0.15) is 22.1 Å². The zero-order chi connectivity index (χ0) is 16.9. The van der Waals surface area contributed by atoms with Gasteiger partial charge in [-0.3, -0.25) is 9.69 Å². The van der Waals surface area contributed by atoms with Gasteiger partial charge in [-0.15, -0.1) is 0 Å². The van der Waals surface area contributed by atoms with E-state index in [9.17, 15) is 9.18 Å². The van der Waals surface area contributed by atoms with Gasteiger partial charge < -0.3 is 15.0 Å². The van der Waals surface area contributed by atoms with Crippen molar-refractivity contribution in [1.29, 1.82) is 0 Å². The number of nitrogens with one attached hydrogen (secondary N) is 2. The predicted octanol–water partition coefficient (Wildman–Crippen LogP) is 2.72. The maximum atomic E-state index is 13.2. The molecule has 0 spiro atoms. The number of halogens is 2. The second kappa shape index (κ2) is 7.92. The summed E-state index contributed by atoms with van der Waals surface area (Å²) >= 11 is 3.32. The van der Waals surface area contributed by atoms with Gasteiger partial charge in [-0.2, -0.15) is 0 Å². The predicted molar refractivity (Wildman–Crippen MR) is 92.4 cm³/mol. The van der Waals surface area contributed by atoms with E-state index >= 15 is 0 Å². The summed E-state index contributed by atoms with van der Waals surface area (Å²) < 4.78 is 19.5. The molecule has 7 heteroatoms. The molecular formula is C17H19BrFN3O2. The van der Waals surface area contributed by atoms with Crippen molar-refractivity contribution in [1.82, 2.24) is 15.2 Å². The van der Waals surface area contributed by atoms with Crippen molar-refractivity contribution in [3.8, 4) is 0 Å². The number of aromatic nitrogens is 1. The van der Waals surface area contributed by atoms with Crippen LogP contribution in [0.4, 0.5) is 4.39 Å². The maximum absolute atomic E-state index is 13.2. The number of H-pyrrole nitrogens is 1. The van der Waals surface area contributed by atoms with E-state index < -0.39 is 0 Å². The van der Waals surface area contributed by atoms with Crippen LogP contribution in [0.5, 0.6) is 0 Å². The monoisotopic (exact) mass is 395 g/mol.